The Morgan fingerprint density at radius 1 is 1.28 bits per heavy atom. The molecular weight excluding hydrogens is 326 g/mol. The number of amides is 2. The highest BCUT2D eigenvalue weighted by Crippen LogP contribution is 2.24. The zero-order valence-electron chi connectivity index (χ0n) is 14.6. The van der Waals surface area contributed by atoms with Gasteiger partial charge in [0.05, 0.1) is 26.5 Å². The summed E-state index contributed by atoms with van der Waals surface area (Å²) in [5.74, 6) is 0.206. The molecule has 0 aliphatic rings. The Kier molecular flexibility index (Phi) is 5.99. The highest BCUT2D eigenvalue weighted by Gasteiger charge is 2.22. The molecule has 134 valence electrons. The first-order valence-electron chi connectivity index (χ1n) is 7.69. The van der Waals surface area contributed by atoms with E-state index in [0.717, 1.165) is 0 Å². The number of carbonyl (C=O) groups excluding carboxylic acids is 2. The standard InChI is InChI=1S/C17H21N3O5/c1-11(2)20(9-15-18-13(10-25-15)16(21)24-4)17(22)19-12-7-5-6-8-14(12)23-3/h5-8,10-11H,9H2,1-4H3,(H,19,22). The lowest BCUT2D eigenvalue weighted by Gasteiger charge is -2.26. The fraction of sp³-hybridized carbons (Fsp3) is 0.353. The van der Waals surface area contributed by atoms with Crippen LogP contribution >= 0.6 is 0 Å². The maximum Gasteiger partial charge on any atom is 0.360 e. The van der Waals surface area contributed by atoms with E-state index in [1.54, 1.807) is 18.2 Å². The van der Waals surface area contributed by atoms with Crippen LogP contribution in [0, 0.1) is 0 Å². The van der Waals surface area contributed by atoms with Crippen molar-refractivity contribution < 1.29 is 23.5 Å². The number of methoxy groups -OCH3 is 2. The van der Waals surface area contributed by atoms with Crippen molar-refractivity contribution in [3.63, 3.8) is 0 Å². The number of hydrogen-bond acceptors (Lipinski definition) is 6. The summed E-state index contributed by atoms with van der Waals surface area (Å²) in [6, 6.07) is 6.66. The molecule has 8 nitrogen and oxygen atoms in total. The van der Waals surface area contributed by atoms with Crippen molar-refractivity contribution in [1.82, 2.24) is 9.88 Å². The smallest absolute Gasteiger partial charge is 0.360 e. The molecule has 0 fully saturated rings. The Morgan fingerprint density at radius 2 is 2.00 bits per heavy atom. The topological polar surface area (TPSA) is 93.9 Å². The number of hydrogen-bond donors (Lipinski definition) is 1. The highest BCUT2D eigenvalue weighted by molar-refractivity contribution is 5.91. The zero-order chi connectivity index (χ0) is 18.4. The summed E-state index contributed by atoms with van der Waals surface area (Å²) >= 11 is 0. The van der Waals surface area contributed by atoms with E-state index in [9.17, 15) is 9.59 Å². The number of nitrogens with one attached hydrogen (secondary N) is 1. The number of aromatic nitrogens is 1. The summed E-state index contributed by atoms with van der Waals surface area (Å²) in [4.78, 5) is 29.6. The van der Waals surface area contributed by atoms with Crippen molar-refractivity contribution in [2.24, 2.45) is 0 Å². The van der Waals surface area contributed by atoms with Gasteiger partial charge in [-0.3, -0.25) is 0 Å². The maximum absolute atomic E-state index is 12.6. The molecule has 0 saturated carbocycles. The van der Waals surface area contributed by atoms with Gasteiger partial charge >= 0.3 is 12.0 Å². The van der Waals surface area contributed by atoms with Gasteiger partial charge in [-0.15, -0.1) is 0 Å². The van der Waals surface area contributed by atoms with Gasteiger partial charge in [0, 0.05) is 6.04 Å². The Hall–Kier alpha value is -3.03. The average molecular weight is 347 g/mol. The summed E-state index contributed by atoms with van der Waals surface area (Å²) in [5, 5.41) is 2.80. The molecule has 2 aromatic rings. The van der Waals surface area contributed by atoms with Gasteiger partial charge in [0.2, 0.25) is 5.89 Å². The number of nitrogens with zero attached hydrogens (tertiary/aromatic N) is 2. The number of oxazole rings is 1. The van der Waals surface area contributed by atoms with E-state index in [4.69, 9.17) is 9.15 Å². The summed E-state index contributed by atoms with van der Waals surface area (Å²) in [7, 11) is 2.80. The van der Waals surface area contributed by atoms with Crippen LogP contribution in [0.1, 0.15) is 30.2 Å². The molecule has 1 aromatic carbocycles. The van der Waals surface area contributed by atoms with E-state index in [1.807, 2.05) is 19.9 Å². The zero-order valence-corrected chi connectivity index (χ0v) is 14.6. The van der Waals surface area contributed by atoms with Crippen LogP contribution in [-0.4, -0.2) is 42.1 Å². The summed E-state index contributed by atoms with van der Waals surface area (Å²) in [6.45, 7) is 3.84. The molecule has 1 heterocycles. The Morgan fingerprint density at radius 3 is 2.64 bits per heavy atom. The lowest BCUT2D eigenvalue weighted by atomic mass is 10.3. The third-order valence-corrected chi connectivity index (χ3v) is 3.48. The molecule has 1 N–H and O–H groups in total. The van der Waals surface area contributed by atoms with Gasteiger partial charge in [-0.1, -0.05) is 12.1 Å². The normalized spacial score (nSPS) is 10.4. The largest absolute Gasteiger partial charge is 0.495 e. The molecule has 0 saturated heterocycles. The molecule has 1 aromatic heterocycles. The van der Waals surface area contributed by atoms with Crippen LogP contribution in [0.2, 0.25) is 0 Å². The molecule has 25 heavy (non-hydrogen) atoms. The van der Waals surface area contributed by atoms with Gasteiger partial charge in [0.25, 0.3) is 0 Å². The molecule has 2 amide bonds. The summed E-state index contributed by atoms with van der Waals surface area (Å²) < 4.78 is 15.1. The van der Waals surface area contributed by atoms with Crippen LogP contribution in [0.5, 0.6) is 5.75 Å². The molecule has 0 radical (unpaired) electrons. The van der Waals surface area contributed by atoms with E-state index in [-0.39, 0.29) is 30.2 Å². The molecule has 0 aliphatic heterocycles. The molecule has 0 atom stereocenters. The van der Waals surface area contributed by atoms with E-state index in [2.05, 4.69) is 15.0 Å². The molecule has 0 unspecified atom stereocenters. The minimum atomic E-state index is -0.593. The van der Waals surface area contributed by atoms with Gasteiger partial charge in [0.15, 0.2) is 5.69 Å². The number of rotatable bonds is 6. The molecule has 0 aliphatic carbocycles. The second-order valence-electron chi connectivity index (χ2n) is 5.47. The van der Waals surface area contributed by atoms with E-state index in [1.165, 1.54) is 25.4 Å². The van der Waals surface area contributed by atoms with Crippen molar-refractivity contribution in [1.29, 1.82) is 0 Å². The van der Waals surface area contributed by atoms with E-state index < -0.39 is 5.97 Å². The Bertz CT molecular complexity index is 741. The summed E-state index contributed by atoms with van der Waals surface area (Å²) in [6.07, 6.45) is 1.21. The van der Waals surface area contributed by atoms with Crippen molar-refractivity contribution in [2.75, 3.05) is 19.5 Å². The fourth-order valence-corrected chi connectivity index (χ4v) is 2.15. The van der Waals surface area contributed by atoms with Crippen LogP contribution < -0.4 is 10.1 Å². The lowest BCUT2D eigenvalue weighted by Crippen LogP contribution is -2.39. The van der Waals surface area contributed by atoms with Crippen LogP contribution in [0.4, 0.5) is 10.5 Å². The second kappa shape index (κ2) is 8.18. The van der Waals surface area contributed by atoms with Crippen molar-refractivity contribution in [3.05, 3.63) is 42.1 Å². The average Bonchev–Trinajstić information content (AvgIpc) is 3.07. The van der Waals surface area contributed by atoms with Crippen LogP contribution in [0.3, 0.4) is 0 Å². The van der Waals surface area contributed by atoms with Crippen LogP contribution in [0.25, 0.3) is 0 Å². The maximum atomic E-state index is 12.6. The fourth-order valence-electron chi connectivity index (χ4n) is 2.15. The number of para-hydroxylation sites is 2. The monoisotopic (exact) mass is 347 g/mol. The molecular formula is C17H21N3O5. The van der Waals surface area contributed by atoms with Crippen LogP contribution in [0.15, 0.2) is 34.9 Å². The first-order chi connectivity index (χ1) is 12.0. The first kappa shape index (κ1) is 18.3. The number of carbonyl (C=O) groups is 2. The minimum Gasteiger partial charge on any atom is -0.495 e. The highest BCUT2D eigenvalue weighted by atomic mass is 16.5. The summed E-state index contributed by atoms with van der Waals surface area (Å²) in [5.41, 5.74) is 0.620. The van der Waals surface area contributed by atoms with Gasteiger partial charge in [-0.05, 0) is 26.0 Å². The molecule has 0 spiro atoms. The number of benzene rings is 1. The van der Waals surface area contributed by atoms with Gasteiger partial charge < -0.3 is 24.1 Å². The first-order valence-corrected chi connectivity index (χ1v) is 7.69. The number of esters is 1. The number of ether oxygens (including phenoxy) is 2. The second-order valence-corrected chi connectivity index (χ2v) is 5.47. The Labute approximate surface area is 145 Å². The van der Waals surface area contributed by atoms with Gasteiger partial charge in [-0.2, -0.15) is 0 Å². The predicted octanol–water partition coefficient (Wildman–Crippen LogP) is 2.91. The Balaban J connectivity index is 2.13. The predicted molar refractivity (Wildman–Crippen MR) is 90.5 cm³/mol. The lowest BCUT2D eigenvalue weighted by molar-refractivity contribution is 0.0594. The SMILES string of the molecule is COC(=O)c1coc(CN(C(=O)Nc2ccccc2OC)C(C)C)n1. The van der Waals surface area contributed by atoms with Crippen LogP contribution in [-0.2, 0) is 11.3 Å². The van der Waals surface area contributed by atoms with Crippen molar-refractivity contribution >= 4 is 17.7 Å². The quantitative estimate of drug-likeness (QED) is 0.808. The minimum absolute atomic E-state index is 0.0614. The van der Waals surface area contributed by atoms with Crippen molar-refractivity contribution in [2.45, 2.75) is 26.4 Å². The van der Waals surface area contributed by atoms with E-state index in [0.29, 0.717) is 11.4 Å². The number of urea groups is 1. The third-order valence-electron chi connectivity index (χ3n) is 3.48. The molecule has 2 rings (SSSR count). The van der Waals surface area contributed by atoms with Crippen molar-refractivity contribution in [3.8, 4) is 5.75 Å². The van der Waals surface area contributed by atoms with E-state index >= 15 is 0 Å². The number of anilines is 1. The van der Waals surface area contributed by atoms with Gasteiger partial charge in [-0.25, -0.2) is 14.6 Å². The molecule has 8 heteroatoms. The molecule has 0 bridgehead atoms. The van der Waals surface area contributed by atoms with Gasteiger partial charge in [0.1, 0.15) is 12.0 Å². The third kappa shape index (κ3) is 4.50.